The Morgan fingerprint density at radius 3 is 2.83 bits per heavy atom. The van der Waals surface area contributed by atoms with Crippen molar-refractivity contribution in [1.29, 1.82) is 0 Å². The van der Waals surface area contributed by atoms with E-state index in [2.05, 4.69) is 10.3 Å². The number of thiazole rings is 1. The molecule has 6 nitrogen and oxygen atoms in total. The number of nitrogens with one attached hydrogen (secondary N) is 1. The molecule has 1 aliphatic rings. The summed E-state index contributed by atoms with van der Waals surface area (Å²) in [6, 6.07) is -0.399. The van der Waals surface area contributed by atoms with E-state index in [0.717, 1.165) is 16.7 Å². The Morgan fingerprint density at radius 1 is 1.48 bits per heavy atom. The molecule has 1 atom stereocenters. The van der Waals surface area contributed by atoms with Gasteiger partial charge in [0.15, 0.2) is 5.69 Å². The van der Waals surface area contributed by atoms with Crippen LogP contribution in [0.1, 0.15) is 35.9 Å². The normalized spacial score (nSPS) is 18.7. The zero-order valence-corrected chi connectivity index (χ0v) is 12.9. The van der Waals surface area contributed by atoms with Crippen LogP contribution < -0.4 is 5.32 Å². The molecule has 0 aromatic carbocycles. The van der Waals surface area contributed by atoms with Crippen LogP contribution in [0.3, 0.4) is 0 Å². The fraction of sp³-hybridized carbons (Fsp3) is 0.615. The van der Waals surface area contributed by atoms with Gasteiger partial charge in [0.2, 0.25) is 0 Å². The molecule has 128 valence electrons. The summed E-state index contributed by atoms with van der Waals surface area (Å²) in [5.41, 5.74) is -0.902. The molecule has 1 aliphatic heterocycles. The molecule has 0 radical (unpaired) electrons. The summed E-state index contributed by atoms with van der Waals surface area (Å²) in [6.45, 7) is 0.793. The summed E-state index contributed by atoms with van der Waals surface area (Å²) in [5, 5.41) is 12.4. The Hall–Kier alpha value is -1.84. The number of aliphatic carboxylic acids is 1. The zero-order chi connectivity index (χ0) is 17.0. The van der Waals surface area contributed by atoms with Crippen LogP contribution in [0.5, 0.6) is 0 Å². The van der Waals surface area contributed by atoms with Gasteiger partial charge < -0.3 is 15.3 Å². The van der Waals surface area contributed by atoms with Crippen LogP contribution in [0, 0.1) is 0 Å². The number of nitrogens with zero attached hydrogens (tertiary/aromatic N) is 2. The number of hydrogen-bond donors (Lipinski definition) is 2. The van der Waals surface area contributed by atoms with Crippen molar-refractivity contribution in [3.8, 4) is 0 Å². The van der Waals surface area contributed by atoms with Crippen molar-refractivity contribution >= 4 is 23.3 Å². The second-order valence-electron chi connectivity index (χ2n) is 5.23. The molecule has 2 amide bonds. The molecular weight excluding hydrogens is 335 g/mol. The number of halogens is 3. The first-order valence-electron chi connectivity index (χ1n) is 7.04. The highest BCUT2D eigenvalue weighted by Gasteiger charge is 2.35. The van der Waals surface area contributed by atoms with E-state index < -0.39 is 23.9 Å². The third kappa shape index (κ3) is 4.81. The molecule has 23 heavy (non-hydrogen) atoms. The topological polar surface area (TPSA) is 82.5 Å². The quantitative estimate of drug-likeness (QED) is 0.873. The number of hydrogen-bond acceptors (Lipinski definition) is 4. The minimum Gasteiger partial charge on any atom is -0.481 e. The van der Waals surface area contributed by atoms with Crippen LogP contribution in [0.2, 0.25) is 0 Å². The van der Waals surface area contributed by atoms with Gasteiger partial charge in [-0.25, -0.2) is 9.78 Å². The maximum Gasteiger partial charge on any atom is 0.434 e. The van der Waals surface area contributed by atoms with Crippen LogP contribution in [0.15, 0.2) is 5.38 Å². The highest BCUT2D eigenvalue weighted by atomic mass is 32.1. The van der Waals surface area contributed by atoms with E-state index in [1.807, 2.05) is 0 Å². The minimum atomic E-state index is -4.46. The summed E-state index contributed by atoms with van der Waals surface area (Å²) in [5.74, 6) is -1.24. The van der Waals surface area contributed by atoms with Gasteiger partial charge in [-0.05, 0) is 12.8 Å². The number of piperidine rings is 1. The lowest BCUT2D eigenvalue weighted by atomic mass is 9.99. The summed E-state index contributed by atoms with van der Waals surface area (Å²) in [6.07, 6.45) is -3.30. The molecule has 1 unspecified atom stereocenters. The van der Waals surface area contributed by atoms with Gasteiger partial charge in [0.1, 0.15) is 0 Å². The van der Waals surface area contributed by atoms with Crippen molar-refractivity contribution in [2.24, 2.45) is 0 Å². The number of amides is 2. The molecule has 1 fully saturated rings. The molecule has 1 aromatic rings. The number of carboxylic acids is 1. The average Bonchev–Trinajstić information content (AvgIpc) is 2.97. The maximum atomic E-state index is 12.6. The summed E-state index contributed by atoms with van der Waals surface area (Å²) >= 11 is 0.951. The third-order valence-corrected chi connectivity index (χ3v) is 4.49. The van der Waals surface area contributed by atoms with E-state index in [4.69, 9.17) is 5.11 Å². The predicted octanol–water partition coefficient (Wildman–Crippen LogP) is 2.53. The van der Waals surface area contributed by atoms with Crippen LogP contribution in [-0.4, -0.2) is 46.6 Å². The van der Waals surface area contributed by atoms with Crippen molar-refractivity contribution < 1.29 is 27.9 Å². The lowest BCUT2D eigenvalue weighted by Gasteiger charge is -2.31. The maximum absolute atomic E-state index is 12.6. The molecule has 2 rings (SSSR count). The number of urea groups is 1. The molecule has 0 saturated carbocycles. The minimum absolute atomic E-state index is 0.0187. The number of carbonyl (C=O) groups is 2. The van der Waals surface area contributed by atoms with E-state index in [-0.39, 0.29) is 25.4 Å². The fourth-order valence-electron chi connectivity index (χ4n) is 2.36. The second kappa shape index (κ2) is 7.16. The molecule has 0 aliphatic carbocycles. The standard InChI is InChI=1S/C13H16F3N3O3S/c14-13(15,16)9-7-23-11(18-9)8-2-1-5-19(6-8)12(22)17-4-3-10(20)21/h7-8H,1-6H2,(H,17,22)(H,20,21). The van der Waals surface area contributed by atoms with Gasteiger partial charge in [0.05, 0.1) is 11.4 Å². The van der Waals surface area contributed by atoms with Crippen molar-refractivity contribution in [1.82, 2.24) is 15.2 Å². The van der Waals surface area contributed by atoms with Crippen molar-refractivity contribution in [3.05, 3.63) is 16.1 Å². The first kappa shape index (κ1) is 17.5. The highest BCUT2D eigenvalue weighted by molar-refractivity contribution is 7.09. The molecule has 1 aromatic heterocycles. The first-order chi connectivity index (χ1) is 10.8. The molecule has 0 bridgehead atoms. The Bertz CT molecular complexity index is 576. The summed E-state index contributed by atoms with van der Waals surface area (Å²) in [4.78, 5) is 27.5. The molecular formula is C13H16F3N3O3S. The van der Waals surface area contributed by atoms with Gasteiger partial charge >= 0.3 is 18.2 Å². The Morgan fingerprint density at radius 2 is 2.22 bits per heavy atom. The number of rotatable bonds is 4. The lowest BCUT2D eigenvalue weighted by Crippen LogP contribution is -2.45. The monoisotopic (exact) mass is 351 g/mol. The predicted molar refractivity (Wildman–Crippen MR) is 76.3 cm³/mol. The van der Waals surface area contributed by atoms with Gasteiger partial charge in [0, 0.05) is 30.9 Å². The summed E-state index contributed by atoms with van der Waals surface area (Å²) < 4.78 is 37.8. The fourth-order valence-corrected chi connectivity index (χ4v) is 3.31. The molecule has 1 saturated heterocycles. The SMILES string of the molecule is O=C(O)CCNC(=O)N1CCCC(c2nc(C(F)(F)F)cs2)C1. The van der Waals surface area contributed by atoms with Crippen molar-refractivity contribution in [3.63, 3.8) is 0 Å². The Labute approximate surface area is 134 Å². The highest BCUT2D eigenvalue weighted by Crippen LogP contribution is 2.34. The first-order valence-corrected chi connectivity index (χ1v) is 7.92. The second-order valence-corrected chi connectivity index (χ2v) is 6.12. The van der Waals surface area contributed by atoms with Gasteiger partial charge in [-0.2, -0.15) is 13.2 Å². The van der Waals surface area contributed by atoms with Crippen LogP contribution in [0.4, 0.5) is 18.0 Å². The number of carboxylic acid groups (broad SMARTS) is 1. The van der Waals surface area contributed by atoms with Crippen LogP contribution in [-0.2, 0) is 11.0 Å². The molecule has 2 heterocycles. The largest absolute Gasteiger partial charge is 0.481 e. The molecule has 0 spiro atoms. The van der Waals surface area contributed by atoms with Crippen LogP contribution >= 0.6 is 11.3 Å². The average molecular weight is 351 g/mol. The van der Waals surface area contributed by atoms with E-state index in [0.29, 0.717) is 24.4 Å². The molecule has 2 N–H and O–H groups in total. The summed E-state index contributed by atoms with van der Waals surface area (Å²) in [7, 11) is 0. The van der Waals surface area contributed by atoms with E-state index in [9.17, 15) is 22.8 Å². The van der Waals surface area contributed by atoms with E-state index in [1.165, 1.54) is 4.90 Å². The molecule has 10 heteroatoms. The number of carbonyl (C=O) groups excluding carboxylic acids is 1. The zero-order valence-electron chi connectivity index (χ0n) is 12.1. The van der Waals surface area contributed by atoms with E-state index in [1.54, 1.807) is 0 Å². The third-order valence-electron chi connectivity index (χ3n) is 3.49. The number of aromatic nitrogens is 1. The number of alkyl halides is 3. The Balaban J connectivity index is 1.94. The van der Waals surface area contributed by atoms with Gasteiger partial charge in [-0.15, -0.1) is 11.3 Å². The lowest BCUT2D eigenvalue weighted by molar-refractivity contribution is -0.141. The van der Waals surface area contributed by atoms with Crippen molar-refractivity contribution in [2.45, 2.75) is 31.4 Å². The van der Waals surface area contributed by atoms with Crippen molar-refractivity contribution in [2.75, 3.05) is 19.6 Å². The van der Waals surface area contributed by atoms with Gasteiger partial charge in [-0.1, -0.05) is 0 Å². The number of likely N-dealkylation sites (tertiary alicyclic amines) is 1. The van der Waals surface area contributed by atoms with Crippen LogP contribution in [0.25, 0.3) is 0 Å². The van der Waals surface area contributed by atoms with Gasteiger partial charge in [-0.3, -0.25) is 4.79 Å². The van der Waals surface area contributed by atoms with E-state index >= 15 is 0 Å². The van der Waals surface area contributed by atoms with Gasteiger partial charge in [0.25, 0.3) is 0 Å². The smallest absolute Gasteiger partial charge is 0.434 e. The Kier molecular flexibility index (Phi) is 5.45.